The molecule has 1 aliphatic rings. The molecule has 0 saturated carbocycles. The Bertz CT molecular complexity index is 348. The summed E-state index contributed by atoms with van der Waals surface area (Å²) in [6.07, 6.45) is 1.63. The molecule has 0 aromatic heterocycles. The van der Waals surface area contributed by atoms with E-state index in [0.29, 0.717) is 5.92 Å². The molecule has 0 bridgehead atoms. The molecule has 1 aromatic rings. The molecule has 0 radical (unpaired) electrons. The molecule has 1 fully saturated rings. The summed E-state index contributed by atoms with van der Waals surface area (Å²) in [6.45, 7) is 4.92. The molecule has 0 spiro atoms. The summed E-state index contributed by atoms with van der Waals surface area (Å²) in [5.74, 6) is 0.292. The highest BCUT2D eigenvalue weighted by Gasteiger charge is 2.30. The highest BCUT2D eigenvalue weighted by atomic mass is 16.5. The lowest BCUT2D eigenvalue weighted by molar-refractivity contribution is 0.0441. The van der Waals surface area contributed by atoms with Gasteiger partial charge in [-0.1, -0.05) is 29.8 Å². The number of benzene rings is 1. The number of aryl methyl sites for hydroxylation is 1. The topological polar surface area (TPSA) is 29.5 Å². The van der Waals surface area contributed by atoms with Gasteiger partial charge in [0.1, 0.15) is 0 Å². The Balaban J connectivity index is 1.99. The fourth-order valence-corrected chi connectivity index (χ4v) is 2.49. The Morgan fingerprint density at radius 1 is 1.50 bits per heavy atom. The SMILES string of the molecule is Cc1cccc(CC(O)C2CCOC2C)c1. The lowest BCUT2D eigenvalue weighted by atomic mass is 9.91. The molecule has 3 atom stereocenters. The van der Waals surface area contributed by atoms with Crippen LogP contribution in [0.5, 0.6) is 0 Å². The van der Waals surface area contributed by atoms with Crippen LogP contribution in [0.25, 0.3) is 0 Å². The molecule has 2 rings (SSSR count). The lowest BCUT2D eigenvalue weighted by Gasteiger charge is -2.21. The average molecular weight is 220 g/mol. The summed E-state index contributed by atoms with van der Waals surface area (Å²) in [5.41, 5.74) is 2.46. The average Bonchev–Trinajstić information content (AvgIpc) is 2.64. The molecule has 88 valence electrons. The van der Waals surface area contributed by atoms with Gasteiger partial charge < -0.3 is 9.84 Å². The smallest absolute Gasteiger partial charge is 0.0634 e. The van der Waals surface area contributed by atoms with Crippen molar-refractivity contribution in [2.24, 2.45) is 5.92 Å². The van der Waals surface area contributed by atoms with Crippen LogP contribution in [0.1, 0.15) is 24.5 Å². The minimum Gasteiger partial charge on any atom is -0.392 e. The molecular weight excluding hydrogens is 200 g/mol. The molecule has 0 amide bonds. The maximum atomic E-state index is 10.2. The molecule has 0 aliphatic carbocycles. The molecule has 1 heterocycles. The molecule has 1 N–H and O–H groups in total. The summed E-state index contributed by atoms with van der Waals surface area (Å²) in [7, 11) is 0. The maximum absolute atomic E-state index is 10.2. The van der Waals surface area contributed by atoms with E-state index >= 15 is 0 Å². The largest absolute Gasteiger partial charge is 0.392 e. The minimum atomic E-state index is -0.278. The van der Waals surface area contributed by atoms with Gasteiger partial charge in [-0.15, -0.1) is 0 Å². The Labute approximate surface area is 97.3 Å². The first-order valence-corrected chi connectivity index (χ1v) is 6.02. The van der Waals surface area contributed by atoms with Crippen LogP contribution in [-0.2, 0) is 11.2 Å². The molecular formula is C14H20O2. The van der Waals surface area contributed by atoms with Gasteiger partial charge >= 0.3 is 0 Å². The third kappa shape index (κ3) is 2.63. The van der Waals surface area contributed by atoms with Gasteiger partial charge in [0.15, 0.2) is 0 Å². The lowest BCUT2D eigenvalue weighted by Crippen LogP contribution is -2.28. The van der Waals surface area contributed by atoms with Gasteiger partial charge in [0, 0.05) is 12.5 Å². The number of ether oxygens (including phenoxy) is 1. The number of hydrogen-bond donors (Lipinski definition) is 1. The summed E-state index contributed by atoms with van der Waals surface area (Å²) >= 11 is 0. The van der Waals surface area contributed by atoms with Gasteiger partial charge in [0.2, 0.25) is 0 Å². The summed E-state index contributed by atoms with van der Waals surface area (Å²) in [6, 6.07) is 8.35. The van der Waals surface area contributed by atoms with Crippen LogP contribution in [0.2, 0.25) is 0 Å². The van der Waals surface area contributed by atoms with Gasteiger partial charge in [0.25, 0.3) is 0 Å². The second-order valence-corrected chi connectivity index (χ2v) is 4.79. The summed E-state index contributed by atoms with van der Waals surface area (Å²) in [5, 5.41) is 10.2. The van der Waals surface area contributed by atoms with Crippen LogP contribution in [0.15, 0.2) is 24.3 Å². The standard InChI is InChI=1S/C14H20O2/c1-10-4-3-5-12(8-10)9-14(15)13-6-7-16-11(13)2/h3-5,8,11,13-15H,6-7,9H2,1-2H3. The van der Waals surface area contributed by atoms with Crippen molar-refractivity contribution >= 4 is 0 Å². The number of aliphatic hydroxyl groups is 1. The van der Waals surface area contributed by atoms with Crippen molar-refractivity contribution in [3.8, 4) is 0 Å². The third-order valence-corrected chi connectivity index (χ3v) is 3.46. The molecule has 16 heavy (non-hydrogen) atoms. The first-order chi connectivity index (χ1) is 7.66. The molecule has 1 aromatic carbocycles. The van der Waals surface area contributed by atoms with E-state index in [0.717, 1.165) is 19.4 Å². The van der Waals surface area contributed by atoms with Crippen molar-refractivity contribution in [2.75, 3.05) is 6.61 Å². The van der Waals surface area contributed by atoms with Crippen LogP contribution >= 0.6 is 0 Å². The number of rotatable bonds is 3. The van der Waals surface area contributed by atoms with E-state index in [1.54, 1.807) is 0 Å². The van der Waals surface area contributed by atoms with E-state index in [1.807, 2.05) is 6.07 Å². The normalized spacial score (nSPS) is 26.9. The van der Waals surface area contributed by atoms with Crippen LogP contribution in [-0.4, -0.2) is 23.9 Å². The minimum absolute atomic E-state index is 0.194. The zero-order chi connectivity index (χ0) is 11.5. The van der Waals surface area contributed by atoms with Gasteiger partial charge in [0.05, 0.1) is 12.2 Å². The van der Waals surface area contributed by atoms with Gasteiger partial charge in [-0.2, -0.15) is 0 Å². The zero-order valence-corrected chi connectivity index (χ0v) is 10.0. The summed E-state index contributed by atoms with van der Waals surface area (Å²) in [4.78, 5) is 0. The third-order valence-electron chi connectivity index (χ3n) is 3.46. The number of aliphatic hydroxyl groups excluding tert-OH is 1. The van der Waals surface area contributed by atoms with Crippen LogP contribution in [0, 0.1) is 12.8 Å². The van der Waals surface area contributed by atoms with E-state index in [9.17, 15) is 5.11 Å². The van der Waals surface area contributed by atoms with Crippen LogP contribution in [0.3, 0.4) is 0 Å². The van der Waals surface area contributed by atoms with Crippen molar-refractivity contribution < 1.29 is 9.84 Å². The van der Waals surface area contributed by atoms with Crippen molar-refractivity contribution in [2.45, 2.75) is 38.9 Å². The highest BCUT2D eigenvalue weighted by Crippen LogP contribution is 2.25. The van der Waals surface area contributed by atoms with Gasteiger partial charge in [-0.3, -0.25) is 0 Å². The second kappa shape index (κ2) is 4.98. The Kier molecular flexibility index (Phi) is 3.62. The fraction of sp³-hybridized carbons (Fsp3) is 0.571. The molecule has 1 aliphatic heterocycles. The van der Waals surface area contributed by atoms with Crippen molar-refractivity contribution in [3.63, 3.8) is 0 Å². The molecule has 3 unspecified atom stereocenters. The Hall–Kier alpha value is -0.860. The molecule has 2 nitrogen and oxygen atoms in total. The van der Waals surface area contributed by atoms with E-state index in [2.05, 4.69) is 32.0 Å². The molecule has 1 saturated heterocycles. The Morgan fingerprint density at radius 2 is 2.31 bits per heavy atom. The first kappa shape index (κ1) is 11.6. The predicted octanol–water partition coefficient (Wildman–Crippen LogP) is 2.32. The van der Waals surface area contributed by atoms with E-state index in [1.165, 1.54) is 11.1 Å². The maximum Gasteiger partial charge on any atom is 0.0634 e. The van der Waals surface area contributed by atoms with Gasteiger partial charge in [-0.25, -0.2) is 0 Å². The van der Waals surface area contributed by atoms with Crippen molar-refractivity contribution in [1.82, 2.24) is 0 Å². The fourth-order valence-electron chi connectivity index (χ4n) is 2.49. The van der Waals surface area contributed by atoms with Crippen LogP contribution < -0.4 is 0 Å². The van der Waals surface area contributed by atoms with Crippen molar-refractivity contribution in [3.05, 3.63) is 35.4 Å². The first-order valence-electron chi connectivity index (χ1n) is 6.02. The van der Waals surface area contributed by atoms with Crippen LogP contribution in [0.4, 0.5) is 0 Å². The van der Waals surface area contributed by atoms with Crippen molar-refractivity contribution in [1.29, 1.82) is 0 Å². The molecule has 2 heteroatoms. The van der Waals surface area contributed by atoms with E-state index < -0.39 is 0 Å². The zero-order valence-electron chi connectivity index (χ0n) is 10.0. The second-order valence-electron chi connectivity index (χ2n) is 4.79. The monoisotopic (exact) mass is 220 g/mol. The predicted molar refractivity (Wildman–Crippen MR) is 64.4 cm³/mol. The quantitative estimate of drug-likeness (QED) is 0.847. The number of hydrogen-bond acceptors (Lipinski definition) is 2. The van der Waals surface area contributed by atoms with E-state index in [-0.39, 0.29) is 12.2 Å². The van der Waals surface area contributed by atoms with Gasteiger partial charge in [-0.05, 0) is 32.3 Å². The van der Waals surface area contributed by atoms with E-state index in [4.69, 9.17) is 4.74 Å². The Morgan fingerprint density at radius 3 is 2.94 bits per heavy atom. The summed E-state index contributed by atoms with van der Waals surface area (Å²) < 4.78 is 5.49. The highest BCUT2D eigenvalue weighted by molar-refractivity contribution is 5.22.